The van der Waals surface area contributed by atoms with E-state index < -0.39 is 12.1 Å². The molecule has 4 heteroatoms. The molecule has 0 aromatic rings. The van der Waals surface area contributed by atoms with Gasteiger partial charge in [0.1, 0.15) is 0 Å². The first-order chi connectivity index (χ1) is 6.52. The van der Waals surface area contributed by atoms with Crippen LogP contribution in [0.2, 0.25) is 0 Å². The molecule has 1 fully saturated rings. The molecule has 0 N–H and O–H groups in total. The summed E-state index contributed by atoms with van der Waals surface area (Å²) >= 11 is 0. The predicted octanol–water partition coefficient (Wildman–Crippen LogP) is 0.876. The molecule has 0 bridgehead atoms. The highest BCUT2D eigenvalue weighted by Gasteiger charge is 2.33. The number of carbonyl (C=O) groups is 3. The van der Waals surface area contributed by atoms with Gasteiger partial charge in [0.15, 0.2) is 11.6 Å². The van der Waals surface area contributed by atoms with Gasteiger partial charge in [-0.1, -0.05) is 13.8 Å². The average molecular weight is 198 g/mol. The van der Waals surface area contributed by atoms with E-state index in [-0.39, 0.29) is 17.5 Å². The lowest BCUT2D eigenvalue weighted by atomic mass is 9.95. The van der Waals surface area contributed by atoms with Crippen molar-refractivity contribution in [2.75, 3.05) is 0 Å². The Morgan fingerprint density at radius 2 is 1.79 bits per heavy atom. The van der Waals surface area contributed by atoms with E-state index in [1.807, 2.05) is 0 Å². The third-order valence-corrected chi connectivity index (χ3v) is 2.14. The third-order valence-electron chi connectivity index (χ3n) is 2.14. The van der Waals surface area contributed by atoms with Crippen LogP contribution in [-0.4, -0.2) is 23.6 Å². The number of esters is 1. The first-order valence-electron chi connectivity index (χ1n) is 4.78. The van der Waals surface area contributed by atoms with Gasteiger partial charge in [0.25, 0.3) is 0 Å². The maximum Gasteiger partial charge on any atom is 0.309 e. The molecule has 0 heterocycles. The molecule has 0 saturated heterocycles. The van der Waals surface area contributed by atoms with Crippen molar-refractivity contribution in [2.24, 2.45) is 5.92 Å². The number of rotatable bonds is 2. The highest BCUT2D eigenvalue weighted by Crippen LogP contribution is 2.15. The standard InChI is InChI=1S/C10H14O4/c1-6(2)10(13)14-9-7(11)4-3-5-8(9)12/h6,9H,3-5H2,1-2H3. The van der Waals surface area contributed by atoms with Gasteiger partial charge in [-0.05, 0) is 6.42 Å². The smallest absolute Gasteiger partial charge is 0.309 e. The molecule has 14 heavy (non-hydrogen) atoms. The Labute approximate surface area is 82.6 Å². The molecule has 0 radical (unpaired) electrons. The number of hydrogen-bond donors (Lipinski definition) is 0. The van der Waals surface area contributed by atoms with Gasteiger partial charge in [0, 0.05) is 12.8 Å². The number of Topliss-reactive ketones (excluding diaryl/α,β-unsaturated/α-hetero) is 2. The van der Waals surface area contributed by atoms with Crippen LogP contribution in [0.5, 0.6) is 0 Å². The van der Waals surface area contributed by atoms with Gasteiger partial charge in [-0.25, -0.2) is 0 Å². The molecule has 78 valence electrons. The van der Waals surface area contributed by atoms with Crippen LogP contribution in [0.3, 0.4) is 0 Å². The summed E-state index contributed by atoms with van der Waals surface area (Å²) in [5.74, 6) is -1.33. The van der Waals surface area contributed by atoms with E-state index in [1.165, 1.54) is 0 Å². The Bertz CT molecular complexity index is 251. The molecule has 0 aromatic heterocycles. The summed E-state index contributed by atoms with van der Waals surface area (Å²) in [7, 11) is 0. The van der Waals surface area contributed by atoms with Crippen LogP contribution in [0.25, 0.3) is 0 Å². The molecule has 1 aliphatic carbocycles. The van der Waals surface area contributed by atoms with Crippen LogP contribution >= 0.6 is 0 Å². The monoisotopic (exact) mass is 198 g/mol. The van der Waals surface area contributed by atoms with Crippen molar-refractivity contribution in [1.82, 2.24) is 0 Å². The minimum atomic E-state index is -1.13. The second-order valence-electron chi connectivity index (χ2n) is 3.76. The van der Waals surface area contributed by atoms with Gasteiger partial charge in [0.05, 0.1) is 5.92 Å². The Balaban J connectivity index is 2.61. The quantitative estimate of drug-likeness (QED) is 0.488. The summed E-state index contributed by atoms with van der Waals surface area (Å²) in [4.78, 5) is 33.7. The Hall–Kier alpha value is -1.19. The van der Waals surface area contributed by atoms with Gasteiger partial charge in [-0.3, -0.25) is 14.4 Å². The fourth-order valence-corrected chi connectivity index (χ4v) is 1.26. The van der Waals surface area contributed by atoms with Crippen molar-refractivity contribution in [2.45, 2.75) is 39.2 Å². The fraction of sp³-hybridized carbons (Fsp3) is 0.700. The zero-order valence-electron chi connectivity index (χ0n) is 8.41. The van der Waals surface area contributed by atoms with Gasteiger partial charge in [0.2, 0.25) is 6.10 Å². The molecular formula is C10H14O4. The molecule has 0 aliphatic heterocycles. The predicted molar refractivity (Wildman–Crippen MR) is 48.6 cm³/mol. The Morgan fingerprint density at radius 1 is 1.29 bits per heavy atom. The SMILES string of the molecule is CC(C)C(=O)OC1C(=O)CCCC1=O. The second kappa shape index (κ2) is 4.35. The molecule has 0 amide bonds. The van der Waals surface area contributed by atoms with E-state index in [4.69, 9.17) is 4.74 Å². The van der Waals surface area contributed by atoms with Crippen molar-refractivity contribution in [3.05, 3.63) is 0 Å². The minimum Gasteiger partial charge on any atom is -0.446 e. The van der Waals surface area contributed by atoms with Crippen LogP contribution in [0.15, 0.2) is 0 Å². The molecular weight excluding hydrogens is 184 g/mol. The van der Waals surface area contributed by atoms with E-state index in [0.29, 0.717) is 19.3 Å². The molecule has 0 atom stereocenters. The Kier molecular flexibility index (Phi) is 3.38. The first-order valence-corrected chi connectivity index (χ1v) is 4.78. The summed E-state index contributed by atoms with van der Waals surface area (Å²) < 4.78 is 4.84. The topological polar surface area (TPSA) is 60.4 Å². The molecule has 0 unspecified atom stereocenters. The lowest BCUT2D eigenvalue weighted by Crippen LogP contribution is -2.39. The van der Waals surface area contributed by atoms with Crippen LogP contribution in [0.4, 0.5) is 0 Å². The molecule has 0 spiro atoms. The molecule has 1 rings (SSSR count). The summed E-state index contributed by atoms with van der Waals surface area (Å²) in [6.45, 7) is 3.33. The zero-order chi connectivity index (χ0) is 10.7. The minimum absolute atomic E-state index is 0.268. The summed E-state index contributed by atoms with van der Waals surface area (Å²) in [5.41, 5.74) is 0. The Morgan fingerprint density at radius 3 is 2.21 bits per heavy atom. The van der Waals surface area contributed by atoms with E-state index in [0.717, 1.165) is 0 Å². The van der Waals surface area contributed by atoms with Crippen LogP contribution < -0.4 is 0 Å². The number of carbonyl (C=O) groups excluding carboxylic acids is 3. The van der Waals surface area contributed by atoms with Crippen molar-refractivity contribution in [3.8, 4) is 0 Å². The normalized spacial score (nSPS) is 18.8. The molecule has 1 aliphatic rings. The van der Waals surface area contributed by atoms with Gasteiger partial charge < -0.3 is 4.74 Å². The lowest BCUT2D eigenvalue weighted by molar-refractivity contribution is -0.164. The van der Waals surface area contributed by atoms with Gasteiger partial charge >= 0.3 is 5.97 Å². The highest BCUT2D eigenvalue weighted by molar-refractivity contribution is 6.08. The first kappa shape index (κ1) is 10.9. The van der Waals surface area contributed by atoms with Gasteiger partial charge in [-0.15, -0.1) is 0 Å². The molecule has 0 aromatic carbocycles. The molecule has 1 saturated carbocycles. The van der Waals surface area contributed by atoms with Crippen molar-refractivity contribution >= 4 is 17.5 Å². The number of ether oxygens (including phenoxy) is 1. The van der Waals surface area contributed by atoms with Crippen molar-refractivity contribution < 1.29 is 19.1 Å². The van der Waals surface area contributed by atoms with Crippen LogP contribution in [-0.2, 0) is 19.1 Å². The summed E-state index contributed by atoms with van der Waals surface area (Å²) in [6.07, 6.45) is 0.121. The van der Waals surface area contributed by atoms with E-state index >= 15 is 0 Å². The van der Waals surface area contributed by atoms with Crippen LogP contribution in [0, 0.1) is 5.92 Å². The second-order valence-corrected chi connectivity index (χ2v) is 3.76. The van der Waals surface area contributed by atoms with Crippen LogP contribution in [0.1, 0.15) is 33.1 Å². The molecule has 4 nitrogen and oxygen atoms in total. The van der Waals surface area contributed by atoms with E-state index in [1.54, 1.807) is 13.8 Å². The number of hydrogen-bond acceptors (Lipinski definition) is 4. The fourth-order valence-electron chi connectivity index (χ4n) is 1.26. The third kappa shape index (κ3) is 2.40. The van der Waals surface area contributed by atoms with Gasteiger partial charge in [-0.2, -0.15) is 0 Å². The average Bonchev–Trinajstić information content (AvgIpc) is 2.11. The zero-order valence-corrected chi connectivity index (χ0v) is 8.41. The maximum atomic E-state index is 11.3. The lowest BCUT2D eigenvalue weighted by Gasteiger charge is -2.20. The number of ketones is 2. The van der Waals surface area contributed by atoms with E-state index in [2.05, 4.69) is 0 Å². The highest BCUT2D eigenvalue weighted by atomic mass is 16.6. The van der Waals surface area contributed by atoms with E-state index in [9.17, 15) is 14.4 Å². The van der Waals surface area contributed by atoms with Crippen molar-refractivity contribution in [1.29, 1.82) is 0 Å². The summed E-state index contributed by atoms with van der Waals surface area (Å²) in [5, 5.41) is 0. The van der Waals surface area contributed by atoms with Crippen molar-refractivity contribution in [3.63, 3.8) is 0 Å². The largest absolute Gasteiger partial charge is 0.446 e. The summed E-state index contributed by atoms with van der Waals surface area (Å²) in [6, 6.07) is 0. The maximum absolute atomic E-state index is 11.3.